The molecule has 20 heavy (non-hydrogen) atoms. The second-order valence-corrected chi connectivity index (χ2v) is 6.14. The molecule has 1 aliphatic rings. The Bertz CT molecular complexity index is 495. The van der Waals surface area contributed by atoms with Crippen LogP contribution in [0, 0.1) is 5.92 Å². The molecule has 1 saturated carbocycles. The summed E-state index contributed by atoms with van der Waals surface area (Å²) in [5, 5.41) is 15.2. The molecule has 0 heterocycles. The van der Waals surface area contributed by atoms with Gasteiger partial charge in [0.25, 0.3) is 0 Å². The number of hydrogen-bond acceptors (Lipinski definition) is 2. The molecule has 1 fully saturated rings. The van der Waals surface area contributed by atoms with Crippen LogP contribution < -0.4 is 5.32 Å². The zero-order valence-electron chi connectivity index (χ0n) is 12.5. The molecule has 0 amide bonds. The van der Waals surface area contributed by atoms with Crippen molar-refractivity contribution in [3.63, 3.8) is 0 Å². The molecule has 1 aromatic rings. The summed E-state index contributed by atoms with van der Waals surface area (Å²) in [5.74, 6) is 0.458. The smallest absolute Gasteiger partial charge is 0.136 e. The molecule has 0 spiro atoms. The van der Waals surface area contributed by atoms with Crippen molar-refractivity contribution in [2.45, 2.75) is 45.2 Å². The van der Waals surface area contributed by atoms with Gasteiger partial charge in [0.1, 0.15) is 17.8 Å². The molecule has 108 valence electrons. The van der Waals surface area contributed by atoms with E-state index in [2.05, 4.69) is 55.2 Å². The van der Waals surface area contributed by atoms with Crippen molar-refractivity contribution in [3.05, 3.63) is 48.0 Å². The Morgan fingerprint density at radius 1 is 1.45 bits per heavy atom. The fraction of sp³-hybridized carbons (Fsp3) is 0.471. The van der Waals surface area contributed by atoms with Gasteiger partial charge in [-0.05, 0) is 26.2 Å². The molecular weight excluding hydrogens is 248 g/mol. The molecule has 0 saturated heterocycles. The van der Waals surface area contributed by atoms with Crippen LogP contribution in [-0.2, 0) is 6.54 Å². The van der Waals surface area contributed by atoms with Gasteiger partial charge in [0.05, 0.1) is 0 Å². The Morgan fingerprint density at radius 2 is 2.15 bits per heavy atom. The molecule has 0 bridgehead atoms. The van der Waals surface area contributed by atoms with Gasteiger partial charge < -0.3 is 10.5 Å². The molecule has 2 atom stereocenters. The van der Waals surface area contributed by atoms with E-state index in [1.54, 1.807) is 0 Å². The van der Waals surface area contributed by atoms with Crippen LogP contribution in [0.2, 0.25) is 0 Å². The first-order chi connectivity index (χ1) is 9.55. The SMILES string of the molecule is C=C(C)[C@H]1CC[C@](C)([NH2+]Cc2ccccc2)/C(=N\O)C1. The maximum atomic E-state index is 9.36. The molecule has 0 radical (unpaired) electrons. The molecule has 1 aliphatic carbocycles. The highest BCUT2D eigenvalue weighted by atomic mass is 16.4. The molecule has 3 heteroatoms. The van der Waals surface area contributed by atoms with Crippen molar-refractivity contribution in [2.24, 2.45) is 11.1 Å². The Morgan fingerprint density at radius 3 is 2.75 bits per heavy atom. The van der Waals surface area contributed by atoms with Crippen LogP contribution in [0.3, 0.4) is 0 Å². The number of rotatable bonds is 4. The van der Waals surface area contributed by atoms with E-state index in [1.807, 2.05) is 6.07 Å². The van der Waals surface area contributed by atoms with Crippen LogP contribution in [0.15, 0.2) is 47.6 Å². The first kappa shape index (κ1) is 14.8. The second-order valence-electron chi connectivity index (χ2n) is 6.14. The van der Waals surface area contributed by atoms with Gasteiger partial charge in [-0.2, -0.15) is 0 Å². The van der Waals surface area contributed by atoms with Gasteiger partial charge in [0.15, 0.2) is 0 Å². The lowest BCUT2D eigenvalue weighted by Gasteiger charge is -2.36. The molecular formula is C17H25N2O+. The van der Waals surface area contributed by atoms with Gasteiger partial charge in [-0.1, -0.05) is 47.6 Å². The highest BCUT2D eigenvalue weighted by Gasteiger charge is 2.40. The number of hydrogen-bond donors (Lipinski definition) is 2. The third kappa shape index (κ3) is 3.28. The van der Waals surface area contributed by atoms with Gasteiger partial charge in [0, 0.05) is 18.4 Å². The van der Waals surface area contributed by atoms with Gasteiger partial charge in [-0.15, -0.1) is 0 Å². The van der Waals surface area contributed by atoms with E-state index in [-0.39, 0.29) is 5.54 Å². The summed E-state index contributed by atoms with van der Waals surface area (Å²) < 4.78 is 0. The number of nitrogens with zero attached hydrogens (tertiary/aromatic N) is 1. The molecule has 2 rings (SSSR count). The summed E-state index contributed by atoms with van der Waals surface area (Å²) in [7, 11) is 0. The molecule has 0 aliphatic heterocycles. The maximum Gasteiger partial charge on any atom is 0.136 e. The summed E-state index contributed by atoms with van der Waals surface area (Å²) >= 11 is 0. The highest BCUT2D eigenvalue weighted by molar-refractivity contribution is 5.92. The fourth-order valence-corrected chi connectivity index (χ4v) is 2.94. The number of benzene rings is 1. The van der Waals surface area contributed by atoms with Crippen molar-refractivity contribution < 1.29 is 10.5 Å². The van der Waals surface area contributed by atoms with Crippen LogP contribution in [0.5, 0.6) is 0 Å². The van der Waals surface area contributed by atoms with Crippen molar-refractivity contribution in [1.82, 2.24) is 0 Å². The first-order valence-corrected chi connectivity index (χ1v) is 7.30. The average molecular weight is 273 g/mol. The predicted molar refractivity (Wildman–Crippen MR) is 81.9 cm³/mol. The van der Waals surface area contributed by atoms with Gasteiger partial charge in [-0.25, -0.2) is 0 Å². The minimum Gasteiger partial charge on any atom is -0.411 e. The highest BCUT2D eigenvalue weighted by Crippen LogP contribution is 2.31. The van der Waals surface area contributed by atoms with E-state index < -0.39 is 0 Å². The van der Waals surface area contributed by atoms with Crippen LogP contribution >= 0.6 is 0 Å². The minimum atomic E-state index is -0.101. The van der Waals surface area contributed by atoms with Crippen LogP contribution in [0.1, 0.15) is 38.7 Å². The Kier molecular flexibility index (Phi) is 4.61. The number of allylic oxidation sites excluding steroid dienone is 1. The number of quaternary nitrogens is 1. The molecule has 1 aromatic carbocycles. The van der Waals surface area contributed by atoms with Gasteiger partial charge in [0.2, 0.25) is 0 Å². The third-order valence-electron chi connectivity index (χ3n) is 4.56. The Labute approximate surface area is 121 Å². The number of nitrogens with two attached hydrogens (primary N) is 1. The molecule has 3 nitrogen and oxygen atoms in total. The first-order valence-electron chi connectivity index (χ1n) is 7.30. The van der Waals surface area contributed by atoms with Crippen molar-refractivity contribution in [1.29, 1.82) is 0 Å². The quantitative estimate of drug-likeness (QED) is 0.494. The van der Waals surface area contributed by atoms with Crippen LogP contribution in [-0.4, -0.2) is 16.5 Å². The summed E-state index contributed by atoms with van der Waals surface area (Å²) in [5.41, 5.74) is 3.29. The normalized spacial score (nSPS) is 28.5. The Balaban J connectivity index is 2.04. The zero-order chi connectivity index (χ0) is 14.6. The summed E-state index contributed by atoms with van der Waals surface area (Å²) in [4.78, 5) is 0. The van der Waals surface area contributed by atoms with E-state index in [0.29, 0.717) is 5.92 Å². The minimum absolute atomic E-state index is 0.101. The third-order valence-corrected chi connectivity index (χ3v) is 4.56. The van der Waals surface area contributed by atoms with Gasteiger partial charge >= 0.3 is 0 Å². The van der Waals surface area contributed by atoms with Gasteiger partial charge in [-0.3, -0.25) is 0 Å². The van der Waals surface area contributed by atoms with E-state index in [0.717, 1.165) is 31.5 Å². The standard InChI is InChI=1S/C17H24N2O/c1-13(2)15-9-10-17(3,16(11-15)19-20)18-12-14-7-5-4-6-8-14/h4-8,15,18,20H,1,9-12H2,2-3H3/p+1/b19-16-/t15-,17-/m0/s1. The second kappa shape index (κ2) is 6.23. The molecule has 0 aromatic heterocycles. The lowest BCUT2D eigenvalue weighted by atomic mass is 9.74. The van der Waals surface area contributed by atoms with E-state index in [1.165, 1.54) is 11.1 Å². The monoisotopic (exact) mass is 273 g/mol. The van der Waals surface area contributed by atoms with Crippen LogP contribution in [0.25, 0.3) is 0 Å². The van der Waals surface area contributed by atoms with E-state index >= 15 is 0 Å². The zero-order valence-corrected chi connectivity index (χ0v) is 12.5. The molecule has 3 N–H and O–H groups in total. The lowest BCUT2D eigenvalue weighted by Crippen LogP contribution is -2.97. The topological polar surface area (TPSA) is 49.2 Å². The van der Waals surface area contributed by atoms with Crippen molar-refractivity contribution in [2.75, 3.05) is 0 Å². The lowest BCUT2D eigenvalue weighted by molar-refractivity contribution is -0.723. The largest absolute Gasteiger partial charge is 0.411 e. The maximum absolute atomic E-state index is 9.36. The predicted octanol–water partition coefficient (Wildman–Crippen LogP) is 2.72. The fourth-order valence-electron chi connectivity index (χ4n) is 2.94. The van der Waals surface area contributed by atoms with E-state index in [9.17, 15) is 5.21 Å². The molecule has 0 unspecified atom stereocenters. The van der Waals surface area contributed by atoms with Crippen LogP contribution in [0.4, 0.5) is 0 Å². The summed E-state index contributed by atoms with van der Waals surface area (Å²) in [6.45, 7) is 9.20. The Hall–Kier alpha value is -1.61. The summed E-state index contributed by atoms with van der Waals surface area (Å²) in [6.07, 6.45) is 2.97. The van der Waals surface area contributed by atoms with E-state index in [4.69, 9.17) is 0 Å². The van der Waals surface area contributed by atoms with Crippen molar-refractivity contribution >= 4 is 5.71 Å². The average Bonchev–Trinajstić information content (AvgIpc) is 2.46. The number of oxime groups is 1. The van der Waals surface area contributed by atoms with Crippen molar-refractivity contribution in [3.8, 4) is 0 Å². The summed E-state index contributed by atoms with van der Waals surface area (Å²) in [6, 6.07) is 10.4.